The number of aromatic nitrogens is 1. The molecule has 0 bridgehead atoms. The SMILES string of the molecule is O=C(CN(CCN1CCOCC1)C(=O)Cc1cccs1)Nc1ccon1. The first kappa shape index (κ1) is 18.6. The molecule has 0 aromatic carbocycles. The van der Waals surface area contributed by atoms with E-state index in [1.807, 2.05) is 17.5 Å². The Morgan fingerprint density at radius 1 is 1.31 bits per heavy atom. The minimum atomic E-state index is -0.291. The topological polar surface area (TPSA) is 87.9 Å². The predicted molar refractivity (Wildman–Crippen MR) is 97.0 cm³/mol. The minimum Gasteiger partial charge on any atom is -0.379 e. The normalized spacial score (nSPS) is 14.9. The summed E-state index contributed by atoms with van der Waals surface area (Å²) in [7, 11) is 0. The molecule has 1 saturated heterocycles. The summed E-state index contributed by atoms with van der Waals surface area (Å²) in [4.78, 5) is 29.8. The lowest BCUT2D eigenvalue weighted by atomic mass is 10.3. The van der Waals surface area contributed by atoms with E-state index in [1.165, 1.54) is 6.26 Å². The van der Waals surface area contributed by atoms with Crippen molar-refractivity contribution >= 4 is 29.0 Å². The molecule has 1 fully saturated rings. The maximum atomic E-state index is 12.7. The number of carbonyl (C=O) groups excluding carboxylic acids is 2. The maximum Gasteiger partial charge on any atom is 0.245 e. The van der Waals surface area contributed by atoms with E-state index in [4.69, 9.17) is 9.26 Å². The monoisotopic (exact) mass is 378 g/mol. The van der Waals surface area contributed by atoms with E-state index in [0.29, 0.717) is 32.0 Å². The number of anilines is 1. The lowest BCUT2D eigenvalue weighted by Crippen LogP contribution is -2.45. The molecule has 0 aliphatic carbocycles. The van der Waals surface area contributed by atoms with Gasteiger partial charge in [0.05, 0.1) is 26.2 Å². The number of carbonyl (C=O) groups is 2. The number of nitrogens with zero attached hydrogens (tertiary/aromatic N) is 3. The van der Waals surface area contributed by atoms with Crippen molar-refractivity contribution in [1.29, 1.82) is 0 Å². The highest BCUT2D eigenvalue weighted by Crippen LogP contribution is 2.11. The van der Waals surface area contributed by atoms with Gasteiger partial charge in [-0.15, -0.1) is 11.3 Å². The van der Waals surface area contributed by atoms with Crippen LogP contribution in [0.15, 0.2) is 34.4 Å². The second-order valence-electron chi connectivity index (χ2n) is 5.96. The van der Waals surface area contributed by atoms with Gasteiger partial charge in [0.15, 0.2) is 5.82 Å². The predicted octanol–water partition coefficient (Wildman–Crippen LogP) is 1.08. The van der Waals surface area contributed by atoms with Gasteiger partial charge < -0.3 is 19.5 Å². The highest BCUT2D eigenvalue weighted by molar-refractivity contribution is 7.10. The third-order valence-corrected chi connectivity index (χ3v) is 4.96. The second kappa shape index (κ2) is 9.46. The molecule has 0 atom stereocenters. The fraction of sp³-hybridized carbons (Fsp3) is 0.471. The molecule has 2 aromatic rings. The minimum absolute atomic E-state index is 0.0125. The largest absolute Gasteiger partial charge is 0.379 e. The molecule has 2 amide bonds. The molecule has 0 saturated carbocycles. The quantitative estimate of drug-likeness (QED) is 0.740. The fourth-order valence-electron chi connectivity index (χ4n) is 2.69. The van der Waals surface area contributed by atoms with Crippen LogP contribution in [0.4, 0.5) is 5.82 Å². The summed E-state index contributed by atoms with van der Waals surface area (Å²) in [6.07, 6.45) is 1.69. The number of hydrogen-bond donors (Lipinski definition) is 1. The zero-order valence-corrected chi connectivity index (χ0v) is 15.2. The Bertz CT molecular complexity index is 684. The zero-order chi connectivity index (χ0) is 18.2. The Balaban J connectivity index is 1.57. The summed E-state index contributed by atoms with van der Waals surface area (Å²) < 4.78 is 10.0. The van der Waals surface area contributed by atoms with Crippen molar-refractivity contribution < 1.29 is 18.8 Å². The lowest BCUT2D eigenvalue weighted by Gasteiger charge is -2.29. The van der Waals surface area contributed by atoms with E-state index in [9.17, 15) is 9.59 Å². The highest BCUT2D eigenvalue weighted by atomic mass is 32.1. The van der Waals surface area contributed by atoms with E-state index < -0.39 is 0 Å². The van der Waals surface area contributed by atoms with Gasteiger partial charge in [0.25, 0.3) is 0 Å². The standard InChI is InChI=1S/C17H22N4O4S/c22-16(18-15-3-8-25-19-15)13-21(5-4-20-6-9-24-10-7-20)17(23)12-14-2-1-11-26-14/h1-3,8,11H,4-7,9-10,12-13H2,(H,18,19,22). The molecule has 3 heterocycles. The van der Waals surface area contributed by atoms with Crippen LogP contribution in [0, 0.1) is 0 Å². The van der Waals surface area contributed by atoms with Crippen molar-refractivity contribution in [2.75, 3.05) is 51.3 Å². The molecule has 3 rings (SSSR count). The molecule has 1 aliphatic rings. The van der Waals surface area contributed by atoms with E-state index >= 15 is 0 Å². The molecule has 9 heteroatoms. The molecule has 1 aliphatic heterocycles. The van der Waals surface area contributed by atoms with Gasteiger partial charge in [-0.3, -0.25) is 14.5 Å². The van der Waals surface area contributed by atoms with Crippen LogP contribution in [0.2, 0.25) is 0 Å². The van der Waals surface area contributed by atoms with Gasteiger partial charge in [0, 0.05) is 37.1 Å². The molecule has 0 unspecified atom stereocenters. The molecule has 0 radical (unpaired) electrons. The van der Waals surface area contributed by atoms with E-state index in [2.05, 4.69) is 15.4 Å². The summed E-state index contributed by atoms with van der Waals surface area (Å²) in [5.74, 6) is -0.00902. The third kappa shape index (κ3) is 5.65. The van der Waals surface area contributed by atoms with Crippen molar-refractivity contribution in [2.24, 2.45) is 0 Å². The first-order chi connectivity index (χ1) is 12.7. The van der Waals surface area contributed by atoms with Crippen LogP contribution >= 0.6 is 11.3 Å². The Morgan fingerprint density at radius 3 is 2.85 bits per heavy atom. The fourth-order valence-corrected chi connectivity index (χ4v) is 3.38. The number of nitrogens with one attached hydrogen (secondary N) is 1. The van der Waals surface area contributed by atoms with Crippen LogP contribution in [0.3, 0.4) is 0 Å². The molecular formula is C17H22N4O4S. The highest BCUT2D eigenvalue weighted by Gasteiger charge is 2.20. The summed E-state index contributed by atoms with van der Waals surface area (Å²) in [6, 6.07) is 5.41. The molecule has 26 heavy (non-hydrogen) atoms. The van der Waals surface area contributed by atoms with Crippen molar-refractivity contribution in [1.82, 2.24) is 15.0 Å². The molecule has 8 nitrogen and oxygen atoms in total. The average Bonchev–Trinajstić information content (AvgIpc) is 3.33. The number of ether oxygens (including phenoxy) is 1. The first-order valence-corrected chi connectivity index (χ1v) is 9.39. The summed E-state index contributed by atoms with van der Waals surface area (Å²) in [6.45, 7) is 4.30. The van der Waals surface area contributed by atoms with Crippen molar-refractivity contribution in [3.8, 4) is 0 Å². The smallest absolute Gasteiger partial charge is 0.245 e. The van der Waals surface area contributed by atoms with Crippen molar-refractivity contribution in [3.05, 3.63) is 34.7 Å². The first-order valence-electron chi connectivity index (χ1n) is 8.51. The Kier molecular flexibility index (Phi) is 6.75. The van der Waals surface area contributed by atoms with E-state index in [-0.39, 0.29) is 18.4 Å². The van der Waals surface area contributed by atoms with Crippen LogP contribution in [0.1, 0.15) is 4.88 Å². The summed E-state index contributed by atoms with van der Waals surface area (Å²) in [5, 5.41) is 8.24. The van der Waals surface area contributed by atoms with Crippen LogP contribution in [-0.4, -0.2) is 72.7 Å². The van der Waals surface area contributed by atoms with Crippen LogP contribution in [0.25, 0.3) is 0 Å². The van der Waals surface area contributed by atoms with Gasteiger partial charge in [-0.25, -0.2) is 0 Å². The average molecular weight is 378 g/mol. The Hall–Kier alpha value is -2.23. The van der Waals surface area contributed by atoms with Crippen LogP contribution in [-0.2, 0) is 20.7 Å². The molecular weight excluding hydrogens is 356 g/mol. The van der Waals surface area contributed by atoms with Gasteiger partial charge >= 0.3 is 0 Å². The van der Waals surface area contributed by atoms with E-state index in [1.54, 1.807) is 22.3 Å². The van der Waals surface area contributed by atoms with Gasteiger partial charge in [0.2, 0.25) is 11.8 Å². The Morgan fingerprint density at radius 2 is 2.15 bits per heavy atom. The van der Waals surface area contributed by atoms with Crippen LogP contribution < -0.4 is 5.32 Å². The van der Waals surface area contributed by atoms with Gasteiger partial charge in [0.1, 0.15) is 6.26 Å². The van der Waals surface area contributed by atoms with E-state index in [0.717, 1.165) is 24.5 Å². The number of rotatable bonds is 8. The summed E-state index contributed by atoms with van der Waals surface area (Å²) >= 11 is 1.54. The number of thiophene rings is 1. The number of morpholine rings is 1. The second-order valence-corrected chi connectivity index (χ2v) is 6.99. The number of amides is 2. The molecule has 1 N–H and O–H groups in total. The Labute approximate surface area is 155 Å². The van der Waals surface area contributed by atoms with Gasteiger partial charge in [-0.2, -0.15) is 0 Å². The van der Waals surface area contributed by atoms with Crippen LogP contribution in [0.5, 0.6) is 0 Å². The lowest BCUT2D eigenvalue weighted by molar-refractivity contribution is -0.134. The number of hydrogen-bond acceptors (Lipinski definition) is 7. The van der Waals surface area contributed by atoms with Gasteiger partial charge in [-0.1, -0.05) is 11.2 Å². The molecule has 0 spiro atoms. The van der Waals surface area contributed by atoms with Crippen molar-refractivity contribution in [3.63, 3.8) is 0 Å². The summed E-state index contributed by atoms with van der Waals surface area (Å²) in [5.41, 5.74) is 0. The molecule has 140 valence electrons. The molecule has 2 aromatic heterocycles. The third-order valence-electron chi connectivity index (χ3n) is 4.09. The zero-order valence-electron chi connectivity index (χ0n) is 14.4. The van der Waals surface area contributed by atoms with Crippen molar-refractivity contribution in [2.45, 2.75) is 6.42 Å². The van der Waals surface area contributed by atoms with Gasteiger partial charge in [-0.05, 0) is 11.4 Å². The maximum absolute atomic E-state index is 12.7.